The minimum absolute atomic E-state index is 0.0361. The number of nitrogens with zero attached hydrogens (tertiary/aromatic N) is 2. The summed E-state index contributed by atoms with van der Waals surface area (Å²) in [6, 6.07) is 11.5. The smallest absolute Gasteiger partial charge is 0.418 e. The fourth-order valence-corrected chi connectivity index (χ4v) is 5.58. The quantitative estimate of drug-likeness (QED) is 0.641. The largest absolute Gasteiger partial charge is 0.427 e. The van der Waals surface area contributed by atoms with Gasteiger partial charge in [0.2, 0.25) is 11.5 Å². The average molecular weight is 530 g/mol. The number of nitrogens with one attached hydrogen (secondary N) is 1. The second-order valence-electron chi connectivity index (χ2n) is 9.02. The number of amides is 3. The van der Waals surface area contributed by atoms with Gasteiger partial charge in [0, 0.05) is 29.0 Å². The number of hydrogen-bond donors (Lipinski definition) is 1. The highest BCUT2D eigenvalue weighted by Gasteiger charge is 2.58. The van der Waals surface area contributed by atoms with Crippen molar-refractivity contribution in [3.63, 3.8) is 0 Å². The van der Waals surface area contributed by atoms with Crippen molar-refractivity contribution in [1.29, 1.82) is 0 Å². The lowest BCUT2D eigenvalue weighted by molar-refractivity contribution is -0.143. The highest BCUT2D eigenvalue weighted by atomic mass is 79.9. The summed E-state index contributed by atoms with van der Waals surface area (Å²) in [6.07, 6.45) is 1.71. The average Bonchev–Trinajstić information content (AvgIpc) is 3.31. The van der Waals surface area contributed by atoms with Gasteiger partial charge in [-0.05, 0) is 67.7 Å². The Hall–Kier alpha value is -2.78. The molecule has 2 heterocycles. The number of carbonyl (C=O) groups is 3. The number of benzene rings is 2. The lowest BCUT2D eigenvalue weighted by atomic mass is 9.95. The van der Waals surface area contributed by atoms with E-state index < -0.39 is 17.6 Å². The molecule has 0 saturated carbocycles. The van der Waals surface area contributed by atoms with Crippen LogP contribution in [0.25, 0.3) is 0 Å². The molecule has 0 radical (unpaired) electrons. The van der Waals surface area contributed by atoms with Gasteiger partial charge in [0.05, 0.1) is 0 Å². The SMILES string of the molecule is O=C1O[C@@]2(CCc3cc(Br)ccc32)C(=O)N1CC(=O)N(Cc1ccc(F)cc1)C1CCNCC1. The van der Waals surface area contributed by atoms with Crippen LogP contribution in [0.1, 0.15) is 36.0 Å². The molecule has 2 fully saturated rings. The summed E-state index contributed by atoms with van der Waals surface area (Å²) in [6.45, 7) is 1.45. The van der Waals surface area contributed by atoms with Gasteiger partial charge in [-0.1, -0.05) is 34.1 Å². The standard InChI is InChI=1S/C25H25BrFN3O4/c26-18-3-6-21-17(13-18)7-10-25(21)23(32)30(24(33)34-25)15-22(31)29(20-8-11-28-12-9-20)14-16-1-4-19(27)5-2-16/h1-6,13,20,28H,7-12,14-15H2/t25-/m1/s1. The zero-order valence-corrected chi connectivity index (χ0v) is 20.1. The van der Waals surface area contributed by atoms with Crippen molar-refractivity contribution in [1.82, 2.24) is 15.1 Å². The molecule has 2 aromatic carbocycles. The normalized spacial score (nSPS) is 22.2. The summed E-state index contributed by atoms with van der Waals surface area (Å²) in [4.78, 5) is 42.4. The van der Waals surface area contributed by atoms with Gasteiger partial charge in [-0.15, -0.1) is 0 Å². The Morgan fingerprint density at radius 3 is 2.65 bits per heavy atom. The van der Waals surface area contributed by atoms with Crippen molar-refractivity contribution in [3.05, 3.63) is 69.4 Å². The van der Waals surface area contributed by atoms with Crippen LogP contribution in [-0.4, -0.2) is 53.4 Å². The first-order chi connectivity index (χ1) is 16.4. The van der Waals surface area contributed by atoms with E-state index in [2.05, 4.69) is 21.2 Å². The molecule has 5 rings (SSSR count). The summed E-state index contributed by atoms with van der Waals surface area (Å²) in [5, 5.41) is 3.28. The van der Waals surface area contributed by atoms with Gasteiger partial charge < -0.3 is 15.0 Å². The number of imide groups is 1. The van der Waals surface area contributed by atoms with E-state index in [0.29, 0.717) is 18.4 Å². The Balaban J connectivity index is 1.37. The molecule has 1 atom stereocenters. The van der Waals surface area contributed by atoms with Crippen LogP contribution in [0.3, 0.4) is 0 Å². The molecule has 7 nitrogen and oxygen atoms in total. The molecule has 178 valence electrons. The van der Waals surface area contributed by atoms with E-state index in [9.17, 15) is 18.8 Å². The Kier molecular flexibility index (Phi) is 6.16. The van der Waals surface area contributed by atoms with Gasteiger partial charge >= 0.3 is 6.09 Å². The highest BCUT2D eigenvalue weighted by Crippen LogP contribution is 2.46. The zero-order chi connectivity index (χ0) is 23.9. The van der Waals surface area contributed by atoms with Crippen LogP contribution in [-0.2, 0) is 32.9 Å². The van der Waals surface area contributed by atoms with Crippen LogP contribution < -0.4 is 5.32 Å². The lowest BCUT2D eigenvalue weighted by Crippen LogP contribution is -2.50. The van der Waals surface area contributed by atoms with Crippen LogP contribution in [0.4, 0.5) is 9.18 Å². The first-order valence-electron chi connectivity index (χ1n) is 11.5. The summed E-state index contributed by atoms with van der Waals surface area (Å²) >= 11 is 3.44. The van der Waals surface area contributed by atoms with E-state index in [0.717, 1.165) is 46.4 Å². The van der Waals surface area contributed by atoms with Crippen molar-refractivity contribution in [2.24, 2.45) is 0 Å². The maximum absolute atomic E-state index is 13.5. The van der Waals surface area contributed by atoms with Crippen LogP contribution in [0.2, 0.25) is 0 Å². The molecule has 2 aliphatic heterocycles. The Bertz CT molecular complexity index is 1140. The van der Waals surface area contributed by atoms with E-state index in [-0.39, 0.29) is 30.9 Å². The van der Waals surface area contributed by atoms with Crippen LogP contribution in [0, 0.1) is 5.82 Å². The molecule has 0 unspecified atom stereocenters. The maximum atomic E-state index is 13.5. The molecular weight excluding hydrogens is 505 g/mol. The van der Waals surface area contributed by atoms with Crippen molar-refractivity contribution in [2.45, 2.75) is 43.9 Å². The number of piperidine rings is 1. The van der Waals surface area contributed by atoms with Crippen molar-refractivity contribution in [3.8, 4) is 0 Å². The van der Waals surface area contributed by atoms with Gasteiger partial charge in [-0.25, -0.2) is 14.1 Å². The van der Waals surface area contributed by atoms with Gasteiger partial charge in [-0.3, -0.25) is 9.59 Å². The minimum Gasteiger partial charge on any atom is -0.427 e. The van der Waals surface area contributed by atoms with E-state index in [1.807, 2.05) is 12.1 Å². The molecule has 3 amide bonds. The lowest BCUT2D eigenvalue weighted by Gasteiger charge is -2.35. The van der Waals surface area contributed by atoms with Gasteiger partial charge in [-0.2, -0.15) is 0 Å². The first kappa shape index (κ1) is 23.0. The number of carbonyl (C=O) groups excluding carboxylic acids is 3. The highest BCUT2D eigenvalue weighted by molar-refractivity contribution is 9.10. The van der Waals surface area contributed by atoms with E-state index in [1.165, 1.54) is 12.1 Å². The number of hydrogen-bond acceptors (Lipinski definition) is 5. The molecule has 2 saturated heterocycles. The molecule has 1 aliphatic carbocycles. The summed E-state index contributed by atoms with van der Waals surface area (Å²) in [5.41, 5.74) is 1.07. The van der Waals surface area contributed by atoms with E-state index in [4.69, 9.17) is 4.74 Å². The van der Waals surface area contributed by atoms with Gasteiger partial charge in [0.15, 0.2) is 0 Å². The van der Waals surface area contributed by atoms with Gasteiger partial charge in [0.25, 0.3) is 5.91 Å². The topological polar surface area (TPSA) is 79.0 Å². The number of rotatable bonds is 5. The Morgan fingerprint density at radius 1 is 1.18 bits per heavy atom. The third kappa shape index (κ3) is 4.11. The van der Waals surface area contributed by atoms with E-state index >= 15 is 0 Å². The molecule has 2 aromatic rings. The fourth-order valence-electron chi connectivity index (χ4n) is 5.17. The predicted molar refractivity (Wildman–Crippen MR) is 125 cm³/mol. The second-order valence-corrected chi connectivity index (χ2v) is 9.93. The number of aryl methyl sites for hydroxylation is 1. The summed E-state index contributed by atoms with van der Waals surface area (Å²) < 4.78 is 19.9. The number of halogens is 2. The van der Waals surface area contributed by atoms with Crippen LogP contribution >= 0.6 is 15.9 Å². The van der Waals surface area contributed by atoms with Crippen molar-refractivity contribution < 1.29 is 23.5 Å². The number of ether oxygens (including phenoxy) is 1. The third-order valence-corrected chi connectivity index (χ3v) is 7.44. The zero-order valence-electron chi connectivity index (χ0n) is 18.6. The Labute approximate surface area is 205 Å². The van der Waals surface area contributed by atoms with E-state index in [1.54, 1.807) is 23.1 Å². The van der Waals surface area contributed by atoms with Gasteiger partial charge in [0.1, 0.15) is 12.4 Å². The summed E-state index contributed by atoms with van der Waals surface area (Å²) in [7, 11) is 0. The Morgan fingerprint density at radius 2 is 1.91 bits per heavy atom. The summed E-state index contributed by atoms with van der Waals surface area (Å²) in [5.74, 6) is -1.16. The van der Waals surface area contributed by atoms with Crippen LogP contribution in [0.15, 0.2) is 46.9 Å². The fraction of sp³-hybridized carbons (Fsp3) is 0.400. The minimum atomic E-state index is -1.36. The molecular formula is C25H25BrFN3O4. The number of fused-ring (bicyclic) bond motifs is 2. The van der Waals surface area contributed by atoms with Crippen molar-refractivity contribution in [2.75, 3.05) is 19.6 Å². The molecule has 34 heavy (non-hydrogen) atoms. The first-order valence-corrected chi connectivity index (χ1v) is 12.3. The molecule has 3 aliphatic rings. The second kappa shape index (κ2) is 9.11. The van der Waals surface area contributed by atoms with Crippen molar-refractivity contribution >= 4 is 33.8 Å². The monoisotopic (exact) mass is 529 g/mol. The predicted octanol–water partition coefficient (Wildman–Crippen LogP) is 3.49. The molecule has 1 N–H and O–H groups in total. The molecule has 1 spiro atoms. The third-order valence-electron chi connectivity index (χ3n) is 6.95. The molecule has 0 bridgehead atoms. The molecule has 9 heteroatoms. The molecule has 0 aromatic heterocycles. The maximum Gasteiger partial charge on any atom is 0.418 e. The van der Waals surface area contributed by atoms with Crippen LogP contribution in [0.5, 0.6) is 0 Å².